The molecule has 0 unspecified atom stereocenters. The van der Waals surface area contributed by atoms with Gasteiger partial charge in [0.1, 0.15) is 44.3 Å². The summed E-state index contributed by atoms with van der Waals surface area (Å²) in [6, 6.07) is 12.7. The zero-order valence-corrected chi connectivity index (χ0v) is 17.6. The molecule has 0 saturated carbocycles. The van der Waals surface area contributed by atoms with Crippen LogP contribution >= 0.6 is 0 Å². The molecular weight excluding hydrogens is 369 g/mol. The van der Waals surface area contributed by atoms with Crippen molar-refractivity contribution >= 4 is 5.91 Å². The summed E-state index contributed by atoms with van der Waals surface area (Å²) in [4.78, 5) is 17.2. The van der Waals surface area contributed by atoms with Crippen molar-refractivity contribution in [3.63, 3.8) is 0 Å². The Bertz CT molecular complexity index is 817. The van der Waals surface area contributed by atoms with E-state index in [4.69, 9.17) is 4.74 Å². The second kappa shape index (κ2) is 9.85. The average Bonchev–Trinajstić information content (AvgIpc) is 2.71. The largest absolute Gasteiger partial charge is 0.496 e. The van der Waals surface area contributed by atoms with Gasteiger partial charge in [-0.05, 0) is 36.8 Å². The van der Waals surface area contributed by atoms with Crippen LogP contribution in [-0.4, -0.2) is 57.7 Å². The number of aryl methyl sites for hydroxylation is 1. The van der Waals surface area contributed by atoms with Crippen molar-refractivity contribution in [2.45, 2.75) is 20.0 Å². The number of carbonyl (C=O) groups is 1. The highest BCUT2D eigenvalue weighted by Gasteiger charge is 2.26. The second-order valence-corrected chi connectivity index (χ2v) is 8.05. The smallest absolute Gasteiger partial charge is 0.277 e. The molecule has 1 fully saturated rings. The van der Waals surface area contributed by atoms with E-state index in [1.807, 2.05) is 13.1 Å². The van der Waals surface area contributed by atoms with Crippen LogP contribution in [0, 0.1) is 12.7 Å². The molecule has 0 aromatic heterocycles. The Morgan fingerprint density at radius 2 is 1.72 bits per heavy atom. The summed E-state index contributed by atoms with van der Waals surface area (Å²) in [5.74, 6) is 0.833. The second-order valence-electron chi connectivity index (χ2n) is 8.05. The summed E-state index contributed by atoms with van der Waals surface area (Å²) in [5.41, 5.74) is 3.44. The van der Waals surface area contributed by atoms with Gasteiger partial charge in [0.05, 0.1) is 7.11 Å². The van der Waals surface area contributed by atoms with Crippen LogP contribution in [0.25, 0.3) is 0 Å². The molecule has 0 bridgehead atoms. The fourth-order valence-corrected chi connectivity index (χ4v) is 3.93. The van der Waals surface area contributed by atoms with Crippen LogP contribution in [0.3, 0.4) is 0 Å². The molecule has 0 spiro atoms. The highest BCUT2D eigenvalue weighted by molar-refractivity contribution is 5.76. The molecule has 0 aliphatic carbocycles. The van der Waals surface area contributed by atoms with E-state index in [0.29, 0.717) is 13.1 Å². The number of carbonyl (C=O) groups excluding carboxylic acids is 1. The minimum Gasteiger partial charge on any atom is -0.496 e. The van der Waals surface area contributed by atoms with Crippen LogP contribution in [-0.2, 0) is 17.9 Å². The van der Waals surface area contributed by atoms with E-state index in [-0.39, 0.29) is 11.7 Å². The maximum absolute atomic E-state index is 13.0. The van der Waals surface area contributed by atoms with Crippen molar-refractivity contribution in [3.05, 3.63) is 65.0 Å². The van der Waals surface area contributed by atoms with E-state index in [1.54, 1.807) is 24.1 Å². The molecule has 1 aliphatic heterocycles. The van der Waals surface area contributed by atoms with Crippen LogP contribution < -0.4 is 14.5 Å². The SMILES string of the molecule is COc1ccc(C)cc1C[NH+]1CC[NH+](CC(=O)N(C)Cc2ccc(F)cc2)CC1. The lowest BCUT2D eigenvalue weighted by atomic mass is 10.1. The zero-order valence-electron chi connectivity index (χ0n) is 17.6. The molecule has 2 aromatic rings. The number of benzene rings is 2. The van der Waals surface area contributed by atoms with Gasteiger partial charge in [0.15, 0.2) is 6.54 Å². The molecule has 0 radical (unpaired) electrons. The molecule has 3 rings (SSSR count). The molecule has 1 saturated heterocycles. The third-order valence-corrected chi connectivity index (χ3v) is 5.70. The lowest BCUT2D eigenvalue weighted by Gasteiger charge is -2.30. The molecule has 5 nitrogen and oxygen atoms in total. The highest BCUT2D eigenvalue weighted by atomic mass is 19.1. The summed E-state index contributed by atoms with van der Waals surface area (Å²) < 4.78 is 18.5. The van der Waals surface area contributed by atoms with Gasteiger partial charge in [-0.15, -0.1) is 0 Å². The molecule has 1 aliphatic rings. The van der Waals surface area contributed by atoms with E-state index >= 15 is 0 Å². The molecule has 0 atom stereocenters. The molecule has 1 amide bonds. The topological polar surface area (TPSA) is 38.4 Å². The van der Waals surface area contributed by atoms with Crippen LogP contribution in [0.4, 0.5) is 4.39 Å². The van der Waals surface area contributed by atoms with Crippen molar-refractivity contribution in [2.24, 2.45) is 0 Å². The molecule has 29 heavy (non-hydrogen) atoms. The van der Waals surface area contributed by atoms with Crippen LogP contribution in [0.5, 0.6) is 5.75 Å². The summed E-state index contributed by atoms with van der Waals surface area (Å²) in [7, 11) is 3.54. The number of halogens is 1. The van der Waals surface area contributed by atoms with E-state index < -0.39 is 0 Å². The predicted octanol–water partition coefficient (Wildman–Crippen LogP) is 0.0847. The Morgan fingerprint density at radius 3 is 2.38 bits per heavy atom. The van der Waals surface area contributed by atoms with E-state index in [9.17, 15) is 9.18 Å². The number of nitrogens with zero attached hydrogens (tertiary/aromatic N) is 1. The number of nitrogens with one attached hydrogen (secondary N) is 2. The van der Waals surface area contributed by atoms with Crippen LogP contribution in [0.1, 0.15) is 16.7 Å². The first-order chi connectivity index (χ1) is 13.9. The van der Waals surface area contributed by atoms with Gasteiger partial charge in [-0.3, -0.25) is 4.79 Å². The van der Waals surface area contributed by atoms with Crippen molar-refractivity contribution in [1.82, 2.24) is 4.90 Å². The van der Waals surface area contributed by atoms with Crippen molar-refractivity contribution in [1.29, 1.82) is 0 Å². The first-order valence-electron chi connectivity index (χ1n) is 10.2. The van der Waals surface area contributed by atoms with E-state index in [2.05, 4.69) is 19.1 Å². The number of hydrogen-bond donors (Lipinski definition) is 2. The van der Waals surface area contributed by atoms with Gasteiger partial charge in [0, 0.05) is 19.2 Å². The lowest BCUT2D eigenvalue weighted by molar-refractivity contribution is -1.02. The normalized spacial score (nSPS) is 19.0. The summed E-state index contributed by atoms with van der Waals surface area (Å²) >= 11 is 0. The van der Waals surface area contributed by atoms with Crippen molar-refractivity contribution in [3.8, 4) is 5.75 Å². The molecular formula is C23H32FN3O2+2. The number of quaternary nitrogens is 2. The number of amides is 1. The monoisotopic (exact) mass is 401 g/mol. The Balaban J connectivity index is 1.46. The first-order valence-corrected chi connectivity index (χ1v) is 10.2. The Morgan fingerprint density at radius 1 is 1.07 bits per heavy atom. The van der Waals surface area contributed by atoms with Crippen molar-refractivity contribution < 1.29 is 23.7 Å². The first kappa shape index (κ1) is 21.3. The van der Waals surface area contributed by atoms with Gasteiger partial charge in [0.2, 0.25) is 0 Å². The Kier molecular flexibility index (Phi) is 7.23. The van der Waals surface area contributed by atoms with E-state index in [1.165, 1.54) is 33.1 Å². The fraction of sp³-hybridized carbons (Fsp3) is 0.435. The van der Waals surface area contributed by atoms with Gasteiger partial charge in [-0.25, -0.2) is 4.39 Å². The standard InChI is InChI=1S/C23H30FN3O2/c1-18-4-9-22(29-3)20(14-18)16-26-10-12-27(13-11-26)17-23(28)25(2)15-19-5-7-21(24)8-6-19/h4-9,14H,10-13,15-17H2,1-3H3/p+2. The number of piperazine rings is 1. The fourth-order valence-electron chi connectivity index (χ4n) is 3.93. The number of likely N-dealkylation sites (N-methyl/N-ethyl adjacent to an activating group) is 1. The quantitative estimate of drug-likeness (QED) is 0.690. The van der Waals surface area contributed by atoms with Gasteiger partial charge >= 0.3 is 0 Å². The average molecular weight is 402 g/mol. The molecule has 156 valence electrons. The molecule has 2 aromatic carbocycles. The Hall–Kier alpha value is -2.44. The van der Waals surface area contributed by atoms with Gasteiger partial charge < -0.3 is 19.4 Å². The maximum Gasteiger partial charge on any atom is 0.277 e. The lowest BCUT2D eigenvalue weighted by Crippen LogP contribution is -3.28. The van der Waals surface area contributed by atoms with E-state index in [0.717, 1.165) is 44.0 Å². The molecule has 1 heterocycles. The number of ether oxygens (including phenoxy) is 1. The minimum atomic E-state index is -0.254. The highest BCUT2D eigenvalue weighted by Crippen LogP contribution is 2.18. The molecule has 6 heteroatoms. The third-order valence-electron chi connectivity index (χ3n) is 5.70. The van der Waals surface area contributed by atoms with Crippen LogP contribution in [0.2, 0.25) is 0 Å². The molecule has 2 N–H and O–H groups in total. The van der Waals surface area contributed by atoms with Gasteiger partial charge in [-0.1, -0.05) is 23.8 Å². The van der Waals surface area contributed by atoms with Gasteiger partial charge in [0.25, 0.3) is 5.91 Å². The summed E-state index contributed by atoms with van der Waals surface area (Å²) in [6.07, 6.45) is 0. The van der Waals surface area contributed by atoms with Gasteiger partial charge in [-0.2, -0.15) is 0 Å². The number of hydrogen-bond acceptors (Lipinski definition) is 2. The zero-order chi connectivity index (χ0) is 20.8. The van der Waals surface area contributed by atoms with Crippen molar-refractivity contribution in [2.75, 3.05) is 46.9 Å². The third kappa shape index (κ3) is 6.02. The number of methoxy groups -OCH3 is 1. The predicted molar refractivity (Wildman–Crippen MR) is 111 cm³/mol. The maximum atomic E-state index is 13.0. The summed E-state index contributed by atoms with van der Waals surface area (Å²) in [6.45, 7) is 8.14. The number of rotatable bonds is 7. The Labute approximate surface area is 172 Å². The van der Waals surface area contributed by atoms with Crippen LogP contribution in [0.15, 0.2) is 42.5 Å². The minimum absolute atomic E-state index is 0.133. The summed E-state index contributed by atoms with van der Waals surface area (Å²) in [5, 5.41) is 0.